The number of benzene rings is 1. The molecule has 1 fully saturated rings. The lowest BCUT2D eigenvalue weighted by Gasteiger charge is -2.32. The summed E-state index contributed by atoms with van der Waals surface area (Å²) in [5.41, 5.74) is 0.277. The zero-order chi connectivity index (χ0) is 21.0. The molecule has 0 spiro atoms. The quantitative estimate of drug-likeness (QED) is 0.826. The fourth-order valence-electron chi connectivity index (χ4n) is 3.28. The molecule has 6 nitrogen and oxygen atoms in total. The van der Waals surface area contributed by atoms with Crippen LogP contribution in [0.25, 0.3) is 0 Å². The summed E-state index contributed by atoms with van der Waals surface area (Å²) in [7, 11) is 3.69. The second-order valence-electron chi connectivity index (χ2n) is 7.39. The van der Waals surface area contributed by atoms with Crippen LogP contribution in [-0.2, 0) is 12.7 Å². The number of anilines is 1. The number of halogens is 3. The minimum atomic E-state index is -4.33. The average Bonchev–Trinajstić information content (AvgIpc) is 2.69. The van der Waals surface area contributed by atoms with Gasteiger partial charge in [-0.15, -0.1) is 10.2 Å². The van der Waals surface area contributed by atoms with E-state index in [9.17, 15) is 18.0 Å². The molecule has 0 radical (unpaired) electrons. The van der Waals surface area contributed by atoms with Crippen molar-refractivity contribution in [3.05, 3.63) is 53.2 Å². The second kappa shape index (κ2) is 8.77. The summed E-state index contributed by atoms with van der Waals surface area (Å²) in [5, 5.41) is 10.9. The molecule has 1 aromatic heterocycles. The first-order valence-electron chi connectivity index (χ1n) is 9.43. The second-order valence-corrected chi connectivity index (χ2v) is 7.39. The lowest BCUT2D eigenvalue weighted by Crippen LogP contribution is -2.44. The number of amides is 1. The van der Waals surface area contributed by atoms with Crippen molar-refractivity contribution in [2.45, 2.75) is 31.6 Å². The number of nitrogens with one attached hydrogen (secondary N) is 1. The number of nitrogens with zero attached hydrogens (tertiary/aromatic N) is 4. The van der Waals surface area contributed by atoms with Crippen LogP contribution >= 0.6 is 0 Å². The Hall–Kier alpha value is -2.68. The molecule has 1 aliphatic heterocycles. The summed E-state index contributed by atoms with van der Waals surface area (Å²) >= 11 is 0. The van der Waals surface area contributed by atoms with Gasteiger partial charge in [0.05, 0.1) is 5.56 Å². The van der Waals surface area contributed by atoms with E-state index in [0.29, 0.717) is 31.0 Å². The van der Waals surface area contributed by atoms with Gasteiger partial charge in [-0.3, -0.25) is 9.69 Å². The Kier molecular flexibility index (Phi) is 6.36. The van der Waals surface area contributed by atoms with Crippen molar-refractivity contribution in [1.82, 2.24) is 20.4 Å². The lowest BCUT2D eigenvalue weighted by molar-refractivity contribution is -0.137. The highest BCUT2D eigenvalue weighted by Gasteiger charge is 2.30. The predicted molar refractivity (Wildman–Crippen MR) is 104 cm³/mol. The molecule has 0 unspecified atom stereocenters. The Balaban J connectivity index is 1.50. The standard InChI is InChI=1S/C20H24F3N5O/c1-27(2)18-7-6-17(25-26-18)19(29)24-16-8-10-28(11-9-16)13-14-4-3-5-15(12-14)20(21,22)23/h3-7,12,16H,8-11,13H2,1-2H3,(H,24,29). The third kappa shape index (κ3) is 5.66. The Morgan fingerprint density at radius 1 is 1.17 bits per heavy atom. The van der Waals surface area contributed by atoms with Gasteiger partial charge in [-0.05, 0) is 36.6 Å². The van der Waals surface area contributed by atoms with Crippen molar-refractivity contribution in [3.8, 4) is 0 Å². The van der Waals surface area contributed by atoms with Gasteiger partial charge >= 0.3 is 6.18 Å². The Labute approximate surface area is 167 Å². The molecule has 1 N–H and O–H groups in total. The van der Waals surface area contributed by atoms with Gasteiger partial charge < -0.3 is 10.2 Å². The summed E-state index contributed by atoms with van der Waals surface area (Å²) in [6, 6.07) is 8.81. The first kappa shape index (κ1) is 21.0. The van der Waals surface area contributed by atoms with Crippen molar-refractivity contribution in [1.29, 1.82) is 0 Å². The smallest absolute Gasteiger partial charge is 0.361 e. The molecule has 1 aromatic carbocycles. The van der Waals surface area contributed by atoms with Crippen molar-refractivity contribution < 1.29 is 18.0 Å². The van der Waals surface area contributed by atoms with E-state index >= 15 is 0 Å². The predicted octanol–water partition coefficient (Wildman–Crippen LogP) is 2.96. The Bertz CT molecular complexity index is 831. The third-order valence-electron chi connectivity index (χ3n) is 4.92. The Morgan fingerprint density at radius 2 is 1.90 bits per heavy atom. The molecule has 0 aliphatic carbocycles. The average molecular weight is 407 g/mol. The van der Waals surface area contributed by atoms with Gasteiger partial charge in [0.15, 0.2) is 11.5 Å². The Morgan fingerprint density at radius 3 is 2.48 bits per heavy atom. The van der Waals surface area contributed by atoms with E-state index in [1.807, 2.05) is 14.1 Å². The maximum Gasteiger partial charge on any atom is 0.416 e. The highest BCUT2D eigenvalue weighted by Crippen LogP contribution is 2.30. The van der Waals surface area contributed by atoms with Gasteiger partial charge in [0.2, 0.25) is 0 Å². The number of carbonyl (C=O) groups is 1. The summed E-state index contributed by atoms with van der Waals surface area (Å²) in [4.78, 5) is 16.3. The largest absolute Gasteiger partial charge is 0.416 e. The number of alkyl halides is 3. The van der Waals surface area contributed by atoms with Crippen LogP contribution in [0.4, 0.5) is 19.0 Å². The van der Waals surface area contributed by atoms with Crippen LogP contribution in [0.15, 0.2) is 36.4 Å². The highest BCUT2D eigenvalue weighted by atomic mass is 19.4. The summed E-state index contributed by atoms with van der Waals surface area (Å²) in [6.45, 7) is 1.86. The molecule has 156 valence electrons. The van der Waals surface area contributed by atoms with Gasteiger partial charge in [0.1, 0.15) is 0 Å². The molecule has 2 aromatic rings. The molecule has 1 aliphatic rings. The monoisotopic (exact) mass is 407 g/mol. The minimum Gasteiger partial charge on any atom is -0.361 e. The molecular weight excluding hydrogens is 383 g/mol. The topological polar surface area (TPSA) is 61.4 Å². The van der Waals surface area contributed by atoms with Gasteiger partial charge in [0, 0.05) is 39.8 Å². The van der Waals surface area contributed by atoms with Gasteiger partial charge in [-0.1, -0.05) is 18.2 Å². The van der Waals surface area contributed by atoms with Crippen LogP contribution in [0.1, 0.15) is 34.5 Å². The number of piperidine rings is 1. The molecule has 0 atom stereocenters. The summed E-state index contributed by atoms with van der Waals surface area (Å²) in [5.74, 6) is 0.406. The van der Waals surface area contributed by atoms with Gasteiger partial charge in [0.25, 0.3) is 5.91 Å². The van der Waals surface area contributed by atoms with Gasteiger partial charge in [-0.2, -0.15) is 13.2 Å². The van der Waals surface area contributed by atoms with E-state index in [0.717, 1.165) is 18.9 Å². The van der Waals surface area contributed by atoms with Crippen LogP contribution in [0.3, 0.4) is 0 Å². The lowest BCUT2D eigenvalue weighted by atomic mass is 10.0. The van der Waals surface area contributed by atoms with Crippen molar-refractivity contribution in [2.24, 2.45) is 0 Å². The zero-order valence-electron chi connectivity index (χ0n) is 16.4. The highest BCUT2D eigenvalue weighted by molar-refractivity contribution is 5.92. The van der Waals surface area contributed by atoms with Crippen LogP contribution in [0.2, 0.25) is 0 Å². The number of hydrogen-bond acceptors (Lipinski definition) is 5. The van der Waals surface area contributed by atoms with E-state index in [2.05, 4.69) is 20.4 Å². The molecule has 29 heavy (non-hydrogen) atoms. The van der Waals surface area contributed by atoms with Gasteiger partial charge in [-0.25, -0.2) is 0 Å². The first-order valence-corrected chi connectivity index (χ1v) is 9.43. The number of carbonyl (C=O) groups excluding carboxylic acids is 1. The molecule has 2 heterocycles. The molecule has 1 saturated heterocycles. The van der Waals surface area contributed by atoms with E-state index < -0.39 is 11.7 Å². The molecule has 3 rings (SSSR count). The molecule has 9 heteroatoms. The van der Waals surface area contributed by atoms with E-state index in [1.165, 1.54) is 12.1 Å². The fraction of sp³-hybridized carbons (Fsp3) is 0.450. The van der Waals surface area contributed by atoms with Crippen LogP contribution in [0, 0.1) is 0 Å². The SMILES string of the molecule is CN(C)c1ccc(C(=O)NC2CCN(Cc3cccc(C(F)(F)F)c3)CC2)nn1. The fourth-order valence-corrected chi connectivity index (χ4v) is 3.28. The van der Waals surface area contributed by atoms with Crippen molar-refractivity contribution >= 4 is 11.7 Å². The number of rotatable bonds is 5. The molecular formula is C20H24F3N5O. The number of hydrogen-bond donors (Lipinski definition) is 1. The third-order valence-corrected chi connectivity index (χ3v) is 4.92. The van der Waals surface area contributed by atoms with E-state index in [4.69, 9.17) is 0 Å². The number of aromatic nitrogens is 2. The molecule has 0 bridgehead atoms. The minimum absolute atomic E-state index is 0.00980. The molecule has 0 saturated carbocycles. The van der Waals surface area contributed by atoms with Crippen LogP contribution in [0.5, 0.6) is 0 Å². The maximum atomic E-state index is 12.9. The summed E-state index contributed by atoms with van der Waals surface area (Å²) in [6.07, 6.45) is -2.87. The zero-order valence-corrected chi connectivity index (χ0v) is 16.4. The first-order chi connectivity index (χ1) is 13.7. The normalized spacial score (nSPS) is 15.9. The number of likely N-dealkylation sites (tertiary alicyclic amines) is 1. The van der Waals surface area contributed by atoms with E-state index in [1.54, 1.807) is 23.1 Å². The molecule has 1 amide bonds. The van der Waals surface area contributed by atoms with E-state index in [-0.39, 0.29) is 17.6 Å². The van der Waals surface area contributed by atoms with Crippen LogP contribution in [-0.4, -0.2) is 54.2 Å². The van der Waals surface area contributed by atoms with Crippen molar-refractivity contribution in [2.75, 3.05) is 32.1 Å². The maximum absolute atomic E-state index is 12.9. The summed E-state index contributed by atoms with van der Waals surface area (Å²) < 4.78 is 38.6. The van der Waals surface area contributed by atoms with Crippen LogP contribution < -0.4 is 10.2 Å². The van der Waals surface area contributed by atoms with Crippen molar-refractivity contribution in [3.63, 3.8) is 0 Å².